The van der Waals surface area contributed by atoms with Crippen LogP contribution in [-0.2, 0) is 9.84 Å². The quantitative estimate of drug-likeness (QED) is 0.858. The third kappa shape index (κ3) is 4.22. The summed E-state index contributed by atoms with van der Waals surface area (Å²) < 4.78 is 23.6. The molecule has 1 aliphatic heterocycles. The first-order valence-electron chi connectivity index (χ1n) is 8.21. The summed E-state index contributed by atoms with van der Waals surface area (Å²) in [6.45, 7) is 4.63. The smallest absolute Gasteiger partial charge is 0.229 e. The average molecular weight is 381 g/mol. The lowest BCUT2D eigenvalue weighted by Gasteiger charge is -2.28. The number of rotatable bonds is 5. The Bertz CT molecular complexity index is 873. The van der Waals surface area contributed by atoms with E-state index in [0.29, 0.717) is 23.9 Å². The highest BCUT2D eigenvalue weighted by Gasteiger charge is 2.32. The monoisotopic (exact) mass is 380 g/mol. The molecule has 8 heteroatoms. The Kier molecular flexibility index (Phi) is 5.15. The lowest BCUT2D eigenvalue weighted by atomic mass is 10.2. The van der Waals surface area contributed by atoms with Crippen molar-refractivity contribution in [2.75, 3.05) is 28.3 Å². The molecule has 0 amide bonds. The number of nitrogens with one attached hydrogen (secondary N) is 1. The molecular weight excluding hydrogens is 360 g/mol. The largest absolute Gasteiger partial charge is 0.353 e. The minimum Gasteiger partial charge on any atom is -0.353 e. The van der Waals surface area contributed by atoms with Gasteiger partial charge in [-0.05, 0) is 44.0 Å². The fraction of sp³-hybridized carbons (Fsp3) is 0.412. The minimum absolute atomic E-state index is 0.0356. The zero-order chi connectivity index (χ0) is 18.0. The first kappa shape index (κ1) is 17.9. The number of anilines is 3. The Hall–Kier alpha value is -1.86. The van der Waals surface area contributed by atoms with Crippen LogP contribution in [0, 0.1) is 6.92 Å². The zero-order valence-corrected chi connectivity index (χ0v) is 15.8. The molecule has 134 valence electrons. The van der Waals surface area contributed by atoms with Gasteiger partial charge in [-0.15, -0.1) is 0 Å². The van der Waals surface area contributed by atoms with Crippen LogP contribution in [0.15, 0.2) is 30.5 Å². The van der Waals surface area contributed by atoms with Crippen LogP contribution in [0.3, 0.4) is 0 Å². The van der Waals surface area contributed by atoms with Crippen molar-refractivity contribution >= 4 is 38.9 Å². The van der Waals surface area contributed by atoms with Crippen molar-refractivity contribution in [3.8, 4) is 0 Å². The van der Waals surface area contributed by atoms with Gasteiger partial charge in [0, 0.05) is 29.5 Å². The molecule has 3 rings (SSSR count). The predicted octanol–water partition coefficient (Wildman–Crippen LogP) is 3.20. The number of aromatic nitrogens is 2. The molecule has 25 heavy (non-hydrogen) atoms. The van der Waals surface area contributed by atoms with Crippen molar-refractivity contribution in [3.63, 3.8) is 0 Å². The minimum atomic E-state index is -2.94. The van der Waals surface area contributed by atoms with E-state index >= 15 is 0 Å². The molecule has 0 bridgehead atoms. The summed E-state index contributed by atoms with van der Waals surface area (Å²) in [4.78, 5) is 10.8. The first-order valence-corrected chi connectivity index (χ1v) is 10.4. The molecule has 1 fully saturated rings. The summed E-state index contributed by atoms with van der Waals surface area (Å²) in [5.41, 5.74) is 1.81. The summed E-state index contributed by atoms with van der Waals surface area (Å²) >= 11 is 6.15. The van der Waals surface area contributed by atoms with Crippen LogP contribution in [0.5, 0.6) is 0 Å². The molecule has 1 N–H and O–H groups in total. The van der Waals surface area contributed by atoms with Crippen molar-refractivity contribution in [3.05, 3.63) is 41.0 Å². The van der Waals surface area contributed by atoms with E-state index in [1.165, 1.54) is 0 Å². The molecule has 1 atom stereocenters. The second-order valence-electron chi connectivity index (χ2n) is 6.17. The van der Waals surface area contributed by atoms with Crippen LogP contribution >= 0.6 is 11.6 Å². The van der Waals surface area contributed by atoms with Crippen LogP contribution in [0.25, 0.3) is 0 Å². The van der Waals surface area contributed by atoms with Crippen molar-refractivity contribution in [2.24, 2.45) is 0 Å². The van der Waals surface area contributed by atoms with Crippen molar-refractivity contribution < 1.29 is 8.42 Å². The Labute approximate surface area is 153 Å². The molecule has 1 saturated heterocycles. The molecule has 1 aliphatic rings. The zero-order valence-electron chi connectivity index (χ0n) is 14.2. The highest BCUT2D eigenvalue weighted by molar-refractivity contribution is 7.91. The molecule has 1 aromatic heterocycles. The highest BCUT2D eigenvalue weighted by atomic mass is 35.5. The Morgan fingerprint density at radius 2 is 2.16 bits per heavy atom. The molecule has 0 spiro atoms. The van der Waals surface area contributed by atoms with Gasteiger partial charge < -0.3 is 10.2 Å². The Balaban J connectivity index is 1.81. The van der Waals surface area contributed by atoms with Gasteiger partial charge in [-0.3, -0.25) is 0 Å². The van der Waals surface area contributed by atoms with E-state index in [9.17, 15) is 8.42 Å². The summed E-state index contributed by atoms with van der Waals surface area (Å²) in [6, 6.07) is 7.44. The van der Waals surface area contributed by atoms with E-state index in [-0.39, 0.29) is 17.5 Å². The molecule has 6 nitrogen and oxygen atoms in total. The van der Waals surface area contributed by atoms with Gasteiger partial charge in [0.2, 0.25) is 5.95 Å². The van der Waals surface area contributed by atoms with Crippen molar-refractivity contribution in [1.82, 2.24) is 9.97 Å². The van der Waals surface area contributed by atoms with E-state index < -0.39 is 9.84 Å². The highest BCUT2D eigenvalue weighted by Crippen LogP contribution is 2.25. The normalized spacial score (nSPS) is 18.9. The molecule has 0 radical (unpaired) electrons. The maximum atomic E-state index is 11.8. The van der Waals surface area contributed by atoms with Gasteiger partial charge in [-0.2, -0.15) is 4.98 Å². The number of halogens is 1. The SMILES string of the molecule is CCN(c1ccnc(Nc2ccc(C)c(Cl)c2)n1)C1CCS(=O)(=O)C1. The first-order chi connectivity index (χ1) is 11.9. The number of sulfone groups is 1. The van der Waals surface area contributed by atoms with Crippen molar-refractivity contribution in [2.45, 2.75) is 26.3 Å². The lowest BCUT2D eigenvalue weighted by Crippen LogP contribution is -2.36. The van der Waals surface area contributed by atoms with Crippen LogP contribution in [0.1, 0.15) is 18.9 Å². The number of nitrogens with zero attached hydrogens (tertiary/aromatic N) is 3. The lowest BCUT2D eigenvalue weighted by molar-refractivity contribution is 0.599. The molecular formula is C17H21ClN4O2S. The number of benzene rings is 1. The van der Waals surface area contributed by atoms with E-state index in [1.54, 1.807) is 6.20 Å². The van der Waals surface area contributed by atoms with E-state index in [2.05, 4.69) is 15.3 Å². The molecule has 1 aromatic carbocycles. The van der Waals surface area contributed by atoms with Gasteiger partial charge in [0.15, 0.2) is 9.84 Å². The standard InChI is InChI=1S/C17H21ClN4O2S/c1-3-22(14-7-9-25(23,24)11-14)16-6-8-19-17(21-16)20-13-5-4-12(2)15(18)10-13/h4-6,8,10,14H,3,7,9,11H2,1-2H3,(H,19,20,21). The third-order valence-corrected chi connectivity index (χ3v) is 6.51. The van der Waals surface area contributed by atoms with Gasteiger partial charge in [0.1, 0.15) is 5.82 Å². The molecule has 2 heterocycles. The summed E-state index contributed by atoms with van der Waals surface area (Å²) in [7, 11) is -2.94. The molecule has 1 unspecified atom stereocenters. The Morgan fingerprint density at radius 3 is 2.80 bits per heavy atom. The van der Waals surface area contributed by atoms with E-state index in [0.717, 1.165) is 17.1 Å². The number of aryl methyl sites for hydroxylation is 1. The predicted molar refractivity (Wildman–Crippen MR) is 102 cm³/mol. The average Bonchev–Trinajstić information content (AvgIpc) is 2.92. The second-order valence-corrected chi connectivity index (χ2v) is 8.81. The van der Waals surface area contributed by atoms with Crippen LogP contribution < -0.4 is 10.2 Å². The van der Waals surface area contributed by atoms with E-state index in [1.807, 2.05) is 43.0 Å². The molecule has 0 saturated carbocycles. The van der Waals surface area contributed by atoms with E-state index in [4.69, 9.17) is 11.6 Å². The third-order valence-electron chi connectivity index (χ3n) is 4.35. The maximum Gasteiger partial charge on any atom is 0.229 e. The fourth-order valence-electron chi connectivity index (χ4n) is 3.00. The number of hydrogen-bond acceptors (Lipinski definition) is 6. The van der Waals surface area contributed by atoms with Crippen LogP contribution in [0.4, 0.5) is 17.5 Å². The maximum absolute atomic E-state index is 11.8. The van der Waals surface area contributed by atoms with Gasteiger partial charge in [-0.1, -0.05) is 17.7 Å². The summed E-state index contributed by atoms with van der Waals surface area (Å²) in [5, 5.41) is 3.82. The molecule has 0 aliphatic carbocycles. The van der Waals surface area contributed by atoms with Crippen LogP contribution in [-0.4, -0.2) is 42.5 Å². The molecule has 2 aromatic rings. The van der Waals surface area contributed by atoms with Crippen molar-refractivity contribution in [1.29, 1.82) is 0 Å². The van der Waals surface area contributed by atoms with Gasteiger partial charge >= 0.3 is 0 Å². The number of hydrogen-bond donors (Lipinski definition) is 1. The van der Waals surface area contributed by atoms with Gasteiger partial charge in [0.05, 0.1) is 11.5 Å². The Morgan fingerprint density at radius 1 is 1.36 bits per heavy atom. The van der Waals surface area contributed by atoms with Crippen LogP contribution in [0.2, 0.25) is 5.02 Å². The fourth-order valence-corrected chi connectivity index (χ4v) is 4.91. The van der Waals surface area contributed by atoms with Gasteiger partial charge in [-0.25, -0.2) is 13.4 Å². The summed E-state index contributed by atoms with van der Waals surface area (Å²) in [6.07, 6.45) is 2.31. The summed E-state index contributed by atoms with van der Waals surface area (Å²) in [5.74, 6) is 1.60. The second kappa shape index (κ2) is 7.17. The topological polar surface area (TPSA) is 75.2 Å². The van der Waals surface area contributed by atoms with Gasteiger partial charge in [0.25, 0.3) is 0 Å².